The van der Waals surface area contributed by atoms with Gasteiger partial charge in [0.25, 0.3) is 5.91 Å². The summed E-state index contributed by atoms with van der Waals surface area (Å²) in [6.45, 7) is 4.59. The summed E-state index contributed by atoms with van der Waals surface area (Å²) in [5, 5.41) is 0. The fourth-order valence-electron chi connectivity index (χ4n) is 3.97. The van der Waals surface area contributed by atoms with Crippen molar-refractivity contribution in [2.45, 2.75) is 6.92 Å². The first-order valence-corrected chi connectivity index (χ1v) is 11.4. The zero-order valence-corrected chi connectivity index (χ0v) is 20.1. The molecule has 0 spiro atoms. The number of aromatic nitrogens is 2. The molecule has 34 heavy (non-hydrogen) atoms. The fourth-order valence-corrected chi connectivity index (χ4v) is 3.97. The molecule has 0 aliphatic carbocycles. The number of nitrogens with zero attached hydrogens (tertiary/aromatic N) is 6. The van der Waals surface area contributed by atoms with Crippen LogP contribution in [0.4, 0.5) is 17.2 Å². The van der Waals surface area contributed by atoms with E-state index in [4.69, 9.17) is 4.98 Å². The first-order valence-electron chi connectivity index (χ1n) is 11.4. The minimum atomic E-state index is -0.252. The number of fused-ring (bicyclic) bond motifs is 2. The Balaban J connectivity index is 1.82. The molecule has 1 aliphatic heterocycles. The van der Waals surface area contributed by atoms with Crippen molar-refractivity contribution in [3.05, 3.63) is 66.4 Å². The van der Waals surface area contributed by atoms with Gasteiger partial charge in [0.2, 0.25) is 5.91 Å². The Morgan fingerprint density at radius 3 is 2.32 bits per heavy atom. The summed E-state index contributed by atoms with van der Waals surface area (Å²) in [7, 11) is 5.74. The molecule has 0 fully saturated rings. The van der Waals surface area contributed by atoms with E-state index in [1.54, 1.807) is 16.8 Å². The van der Waals surface area contributed by atoms with E-state index in [1.807, 2.05) is 75.6 Å². The molecule has 2 aromatic carbocycles. The molecule has 8 nitrogen and oxygen atoms in total. The second-order valence-corrected chi connectivity index (χ2v) is 8.55. The lowest BCUT2D eigenvalue weighted by Crippen LogP contribution is -2.41. The minimum Gasteiger partial charge on any atom is -0.309 e. The summed E-state index contributed by atoms with van der Waals surface area (Å²) < 4.78 is 0. The zero-order chi connectivity index (χ0) is 24.2. The average molecular weight is 459 g/mol. The number of benzene rings is 2. The highest BCUT2D eigenvalue weighted by Crippen LogP contribution is 2.39. The van der Waals surface area contributed by atoms with Crippen molar-refractivity contribution in [1.29, 1.82) is 0 Å². The maximum Gasteiger partial charge on any atom is 0.263 e. The lowest BCUT2D eigenvalue weighted by atomic mass is 10.2. The smallest absolute Gasteiger partial charge is 0.263 e. The molecule has 0 atom stereocenters. The Bertz CT molecular complexity index is 1180. The topological polar surface area (TPSA) is 72.9 Å². The lowest BCUT2D eigenvalue weighted by molar-refractivity contribution is -0.119. The Hall–Kier alpha value is -3.62. The number of rotatable bonds is 7. The Morgan fingerprint density at radius 2 is 1.65 bits per heavy atom. The standard InChI is InChI=1S/C26H30N6O2/c1-5-31(16-15-29(2)3)18-23(33)32-22-14-10-9-13-21(22)30(4)26(34)20-17-27-24(28-25(20)32)19-11-7-6-8-12-19/h6-14,17H,5,15-16,18H2,1-4H3. The van der Waals surface area contributed by atoms with Crippen molar-refractivity contribution in [3.8, 4) is 11.4 Å². The molecule has 4 rings (SSSR count). The fraction of sp³-hybridized carbons (Fsp3) is 0.308. The van der Waals surface area contributed by atoms with Gasteiger partial charge in [-0.2, -0.15) is 0 Å². The molecular weight excluding hydrogens is 428 g/mol. The second-order valence-electron chi connectivity index (χ2n) is 8.55. The van der Waals surface area contributed by atoms with Crippen LogP contribution in [0.25, 0.3) is 11.4 Å². The summed E-state index contributed by atoms with van der Waals surface area (Å²) >= 11 is 0. The van der Waals surface area contributed by atoms with Gasteiger partial charge in [0.05, 0.1) is 17.9 Å². The van der Waals surface area contributed by atoms with Crippen LogP contribution in [0.3, 0.4) is 0 Å². The predicted octanol–water partition coefficient (Wildman–Crippen LogP) is 3.28. The van der Waals surface area contributed by atoms with Gasteiger partial charge in [-0.25, -0.2) is 9.97 Å². The van der Waals surface area contributed by atoms with E-state index < -0.39 is 0 Å². The maximum atomic E-state index is 13.8. The van der Waals surface area contributed by atoms with Crippen LogP contribution in [-0.2, 0) is 4.79 Å². The van der Waals surface area contributed by atoms with E-state index in [-0.39, 0.29) is 18.4 Å². The Kier molecular flexibility index (Phi) is 7.00. The van der Waals surface area contributed by atoms with Gasteiger partial charge in [-0.1, -0.05) is 49.4 Å². The molecule has 176 valence electrons. The SMILES string of the molecule is CCN(CCN(C)C)CC(=O)N1c2ccccc2N(C)C(=O)c2cnc(-c3ccccc3)nc21. The van der Waals surface area contributed by atoms with Gasteiger partial charge < -0.3 is 9.80 Å². The van der Waals surface area contributed by atoms with E-state index >= 15 is 0 Å². The van der Waals surface area contributed by atoms with Crippen molar-refractivity contribution in [1.82, 2.24) is 19.8 Å². The van der Waals surface area contributed by atoms with Gasteiger partial charge in [-0.15, -0.1) is 0 Å². The van der Waals surface area contributed by atoms with Gasteiger partial charge in [0.1, 0.15) is 5.56 Å². The van der Waals surface area contributed by atoms with Gasteiger partial charge in [-0.3, -0.25) is 19.4 Å². The molecule has 3 aromatic rings. The van der Waals surface area contributed by atoms with Crippen LogP contribution >= 0.6 is 0 Å². The second kappa shape index (κ2) is 10.1. The third-order valence-corrected chi connectivity index (χ3v) is 5.95. The summed E-state index contributed by atoms with van der Waals surface area (Å²) in [6, 6.07) is 17.0. The largest absolute Gasteiger partial charge is 0.309 e. The van der Waals surface area contributed by atoms with Crippen LogP contribution in [-0.4, -0.2) is 78.9 Å². The van der Waals surface area contributed by atoms with E-state index in [2.05, 4.69) is 14.8 Å². The summed E-state index contributed by atoms with van der Waals surface area (Å²) in [4.78, 5) is 43.7. The van der Waals surface area contributed by atoms with Crippen molar-refractivity contribution in [2.75, 3.05) is 57.1 Å². The Morgan fingerprint density at radius 1 is 0.971 bits per heavy atom. The molecule has 2 heterocycles. The third kappa shape index (κ3) is 4.69. The summed E-state index contributed by atoms with van der Waals surface area (Å²) in [5.41, 5.74) is 2.39. The molecule has 2 amide bonds. The van der Waals surface area contributed by atoms with E-state index in [9.17, 15) is 9.59 Å². The molecule has 0 N–H and O–H groups in total. The minimum absolute atomic E-state index is 0.143. The van der Waals surface area contributed by atoms with Crippen LogP contribution in [0, 0.1) is 0 Å². The van der Waals surface area contributed by atoms with E-state index in [0.717, 1.165) is 25.2 Å². The first kappa shape index (κ1) is 23.5. The van der Waals surface area contributed by atoms with Gasteiger partial charge in [0, 0.05) is 31.9 Å². The molecule has 1 aliphatic rings. The predicted molar refractivity (Wildman–Crippen MR) is 134 cm³/mol. The van der Waals surface area contributed by atoms with Gasteiger partial charge >= 0.3 is 0 Å². The molecule has 0 saturated heterocycles. The number of anilines is 3. The average Bonchev–Trinajstić information content (AvgIpc) is 2.95. The van der Waals surface area contributed by atoms with E-state index in [0.29, 0.717) is 28.6 Å². The zero-order valence-electron chi connectivity index (χ0n) is 20.1. The quantitative estimate of drug-likeness (QED) is 0.541. The normalized spacial score (nSPS) is 13.2. The Labute approximate surface area is 200 Å². The van der Waals surface area contributed by atoms with Crippen LogP contribution in [0.5, 0.6) is 0 Å². The highest BCUT2D eigenvalue weighted by atomic mass is 16.2. The van der Waals surface area contributed by atoms with Crippen molar-refractivity contribution < 1.29 is 9.59 Å². The number of carbonyl (C=O) groups excluding carboxylic acids is 2. The molecule has 0 radical (unpaired) electrons. The van der Waals surface area contributed by atoms with Crippen LogP contribution in [0.15, 0.2) is 60.8 Å². The van der Waals surface area contributed by atoms with Gasteiger partial charge in [-0.05, 0) is 32.8 Å². The van der Waals surface area contributed by atoms with Crippen LogP contribution in [0.1, 0.15) is 17.3 Å². The summed E-state index contributed by atoms with van der Waals surface area (Å²) in [5.74, 6) is 0.378. The lowest BCUT2D eigenvalue weighted by Gasteiger charge is -2.28. The number of hydrogen-bond donors (Lipinski definition) is 0. The van der Waals surface area contributed by atoms with Crippen molar-refractivity contribution in [3.63, 3.8) is 0 Å². The molecule has 0 saturated carbocycles. The molecule has 8 heteroatoms. The monoisotopic (exact) mass is 458 g/mol. The number of para-hydroxylation sites is 2. The molecule has 0 unspecified atom stereocenters. The molecular formula is C26H30N6O2. The summed E-state index contributed by atoms with van der Waals surface area (Å²) in [6.07, 6.45) is 1.53. The number of hydrogen-bond acceptors (Lipinski definition) is 6. The van der Waals surface area contributed by atoms with Crippen molar-refractivity contribution in [2.24, 2.45) is 0 Å². The highest BCUT2D eigenvalue weighted by Gasteiger charge is 2.34. The maximum absolute atomic E-state index is 13.8. The molecule has 1 aromatic heterocycles. The van der Waals surface area contributed by atoms with Gasteiger partial charge in [0.15, 0.2) is 11.6 Å². The van der Waals surface area contributed by atoms with E-state index in [1.165, 1.54) is 6.20 Å². The van der Waals surface area contributed by atoms with Crippen LogP contribution < -0.4 is 9.80 Å². The number of carbonyl (C=O) groups is 2. The third-order valence-electron chi connectivity index (χ3n) is 5.95. The van der Waals surface area contributed by atoms with Crippen LogP contribution in [0.2, 0.25) is 0 Å². The first-order chi connectivity index (χ1) is 16.4. The number of likely N-dealkylation sites (N-methyl/N-ethyl adjacent to an activating group) is 2. The molecule has 0 bridgehead atoms. The number of amides is 2. The highest BCUT2D eigenvalue weighted by molar-refractivity contribution is 6.18. The van der Waals surface area contributed by atoms with Crippen molar-refractivity contribution >= 4 is 29.0 Å².